The lowest BCUT2D eigenvalue weighted by Crippen LogP contribution is -2.71. The summed E-state index contributed by atoms with van der Waals surface area (Å²) in [5.41, 5.74) is 7.79. The largest absolute Gasteiger partial charge is 0.508 e. The number of carbonyl (C=O) groups is 3. The SMILES string of the molecule is CC1(C)S[C@@H]2[C@H](NC(=O)[C@H](N)c3ccc(O)cc3)C(=O)N2[C@H]1C(=O)O.COc1ccnc(C[S@](=O)c2nc3ccc(OC(F)F)cc3[nH]2)c1OC. The van der Waals surface area contributed by atoms with E-state index in [0.29, 0.717) is 33.8 Å². The molecule has 2 fully saturated rings. The summed E-state index contributed by atoms with van der Waals surface area (Å²) in [7, 11) is 1.41. The van der Waals surface area contributed by atoms with Gasteiger partial charge in [-0.15, -0.1) is 11.8 Å². The predicted molar refractivity (Wildman–Crippen MR) is 181 cm³/mol. The van der Waals surface area contributed by atoms with Gasteiger partial charge >= 0.3 is 12.6 Å². The minimum atomic E-state index is -2.92. The first-order chi connectivity index (χ1) is 24.1. The number of methoxy groups -OCH3 is 2. The molecule has 0 aliphatic carbocycles. The molecular formula is C32H34F2N6O9S2. The van der Waals surface area contributed by atoms with E-state index in [2.05, 4.69) is 25.0 Å². The number of imidazole rings is 1. The van der Waals surface area contributed by atoms with Crippen LogP contribution in [-0.4, -0.2) is 95.1 Å². The number of nitrogens with zero attached hydrogens (tertiary/aromatic N) is 3. The summed E-state index contributed by atoms with van der Waals surface area (Å²) in [5.74, 6) is -1.03. The number of halogens is 2. The number of carboxylic acids is 1. The molecule has 4 heterocycles. The Kier molecular flexibility index (Phi) is 11.0. The van der Waals surface area contributed by atoms with Crippen LogP contribution in [0.15, 0.2) is 59.9 Å². The third-order valence-corrected chi connectivity index (χ3v) is 10.7. The number of aromatic amines is 1. The number of aromatic hydroxyl groups is 1. The maximum absolute atomic E-state index is 12.6. The van der Waals surface area contributed by atoms with Crippen LogP contribution in [0.5, 0.6) is 23.0 Å². The van der Waals surface area contributed by atoms with E-state index in [1.807, 2.05) is 0 Å². The van der Waals surface area contributed by atoms with Crippen molar-refractivity contribution in [3.05, 3.63) is 66.0 Å². The smallest absolute Gasteiger partial charge is 0.387 e. The fourth-order valence-electron chi connectivity index (χ4n) is 5.62. The van der Waals surface area contributed by atoms with E-state index in [-0.39, 0.29) is 22.4 Å². The first-order valence-electron chi connectivity index (χ1n) is 15.1. The number of aromatic nitrogens is 3. The van der Waals surface area contributed by atoms with Crippen LogP contribution in [0.1, 0.15) is 31.1 Å². The number of carbonyl (C=O) groups excluding carboxylic acids is 2. The molecule has 2 amide bonds. The lowest BCUT2D eigenvalue weighted by molar-refractivity contribution is -0.161. The number of phenolic OH excluding ortho intramolecular Hbond substituents is 1. The highest BCUT2D eigenvalue weighted by Crippen LogP contribution is 2.50. The van der Waals surface area contributed by atoms with Gasteiger partial charge in [0, 0.05) is 23.1 Å². The Morgan fingerprint density at radius 3 is 2.49 bits per heavy atom. The van der Waals surface area contributed by atoms with Crippen molar-refractivity contribution < 1.29 is 51.8 Å². The first-order valence-corrected chi connectivity index (χ1v) is 17.3. The molecule has 2 aromatic carbocycles. The van der Waals surface area contributed by atoms with Crippen LogP contribution >= 0.6 is 11.8 Å². The number of thioether (sulfide) groups is 1. The number of ether oxygens (including phenoxy) is 3. The normalized spacial score (nSPS) is 20.0. The number of phenols is 1. The van der Waals surface area contributed by atoms with E-state index in [0.717, 1.165) is 0 Å². The number of benzene rings is 2. The number of H-pyrrole nitrogens is 1. The average Bonchev–Trinajstić information content (AvgIpc) is 3.63. The van der Waals surface area contributed by atoms with Crippen molar-refractivity contribution in [2.75, 3.05) is 14.2 Å². The van der Waals surface area contributed by atoms with Crippen molar-refractivity contribution in [3.8, 4) is 23.0 Å². The lowest BCUT2D eigenvalue weighted by atomic mass is 9.95. The van der Waals surface area contributed by atoms with Crippen molar-refractivity contribution >= 4 is 51.4 Å². The minimum Gasteiger partial charge on any atom is -0.508 e. The Balaban J connectivity index is 0.000000198. The molecule has 2 aromatic heterocycles. The second-order valence-electron chi connectivity index (χ2n) is 11.7. The van der Waals surface area contributed by atoms with Gasteiger partial charge in [0.15, 0.2) is 16.7 Å². The van der Waals surface area contributed by atoms with E-state index < -0.39 is 63.4 Å². The number of fused-ring (bicyclic) bond motifs is 2. The lowest BCUT2D eigenvalue weighted by Gasteiger charge is -2.43. The highest BCUT2D eigenvalue weighted by Gasteiger charge is 2.64. The maximum atomic E-state index is 12.6. The average molecular weight is 749 g/mol. The standard InChI is InChI=1S/C16H15F2N3O4S.C16H19N3O5S/c1-23-13-5-6-19-12(14(13)24-2)8-26(22)16-20-10-4-3-9(25-15(17)18)7-11(10)21-16;1-16(2)11(15(23)24)19-13(22)10(14(19)25-16)18-12(21)9(17)7-3-5-8(20)6-4-7/h3-7,15H,8H2,1-2H3,(H,20,21);3-6,9-11,14,20H,17H2,1-2H3,(H,18,21)(H,23,24)/t26-;9-,10-,11+,14-/m01/s1. The van der Waals surface area contributed by atoms with Gasteiger partial charge in [-0.25, -0.2) is 9.78 Å². The number of hydrogen-bond donors (Lipinski definition) is 5. The highest BCUT2D eigenvalue weighted by atomic mass is 32.2. The molecule has 15 nitrogen and oxygen atoms in total. The van der Waals surface area contributed by atoms with Crippen molar-refractivity contribution in [3.63, 3.8) is 0 Å². The third-order valence-electron chi connectivity index (χ3n) is 8.01. The van der Waals surface area contributed by atoms with Gasteiger partial charge in [-0.05, 0) is 43.7 Å². The molecule has 51 heavy (non-hydrogen) atoms. The second-order valence-corrected chi connectivity index (χ2v) is 14.9. The summed E-state index contributed by atoms with van der Waals surface area (Å²) in [6.45, 7) is 0.613. The quantitative estimate of drug-likeness (QED) is 0.140. The van der Waals surface area contributed by atoms with Crippen molar-refractivity contribution in [1.29, 1.82) is 0 Å². The molecule has 2 aliphatic rings. The van der Waals surface area contributed by atoms with E-state index in [1.54, 1.807) is 19.9 Å². The first kappa shape index (κ1) is 37.3. The Morgan fingerprint density at radius 2 is 1.86 bits per heavy atom. The predicted octanol–water partition coefficient (Wildman–Crippen LogP) is 2.91. The zero-order valence-corrected chi connectivity index (χ0v) is 29.2. The maximum Gasteiger partial charge on any atom is 0.387 e. The van der Waals surface area contributed by atoms with Gasteiger partial charge < -0.3 is 45.4 Å². The molecule has 0 saturated carbocycles. The molecule has 5 atom stereocenters. The Morgan fingerprint density at radius 1 is 1.16 bits per heavy atom. The molecule has 0 radical (unpaired) electrons. The number of nitrogens with two attached hydrogens (primary N) is 1. The molecule has 0 unspecified atom stereocenters. The van der Waals surface area contributed by atoms with Gasteiger partial charge in [0.2, 0.25) is 11.8 Å². The molecule has 272 valence electrons. The summed E-state index contributed by atoms with van der Waals surface area (Å²) in [4.78, 5) is 48.7. The fraction of sp³-hybridized carbons (Fsp3) is 0.344. The van der Waals surface area contributed by atoms with Gasteiger partial charge in [-0.3, -0.25) is 18.8 Å². The summed E-state index contributed by atoms with van der Waals surface area (Å²) < 4.78 is 51.4. The monoisotopic (exact) mass is 748 g/mol. The zero-order chi connectivity index (χ0) is 37.2. The van der Waals surface area contributed by atoms with Gasteiger partial charge in [0.1, 0.15) is 35.0 Å². The van der Waals surface area contributed by atoms with E-state index in [9.17, 15) is 37.6 Å². The fourth-order valence-corrected chi connectivity index (χ4v) is 8.26. The molecule has 0 bridgehead atoms. The topological polar surface area (TPSA) is 219 Å². The number of amides is 2. The van der Waals surface area contributed by atoms with Crippen LogP contribution in [0.4, 0.5) is 8.78 Å². The number of alkyl halides is 2. The van der Waals surface area contributed by atoms with Gasteiger partial charge in [-0.2, -0.15) is 8.78 Å². The molecular weight excluding hydrogens is 715 g/mol. The number of pyridine rings is 1. The van der Waals surface area contributed by atoms with E-state index in [1.165, 1.54) is 79.5 Å². The Labute approximate surface area is 296 Å². The summed E-state index contributed by atoms with van der Waals surface area (Å²) in [5, 5.41) is 21.1. The molecule has 6 rings (SSSR count). The van der Waals surface area contributed by atoms with E-state index in [4.69, 9.17) is 15.2 Å². The number of rotatable bonds is 11. The molecule has 0 spiro atoms. The zero-order valence-electron chi connectivity index (χ0n) is 27.5. The van der Waals surface area contributed by atoms with Crippen LogP contribution in [-0.2, 0) is 30.9 Å². The van der Waals surface area contributed by atoms with Crippen LogP contribution in [0.25, 0.3) is 11.0 Å². The summed E-state index contributed by atoms with van der Waals surface area (Å²) in [6, 6.07) is 9.09. The van der Waals surface area contributed by atoms with Crippen LogP contribution in [0, 0.1) is 0 Å². The number of aliphatic carboxylic acids is 1. The molecule has 2 saturated heterocycles. The number of nitrogens with one attached hydrogen (secondary N) is 2. The van der Waals surface area contributed by atoms with Crippen LogP contribution < -0.4 is 25.3 Å². The van der Waals surface area contributed by atoms with Gasteiger partial charge in [0.05, 0.1) is 47.5 Å². The van der Waals surface area contributed by atoms with Gasteiger partial charge in [0.25, 0.3) is 0 Å². The summed E-state index contributed by atoms with van der Waals surface area (Å²) >= 11 is 1.35. The third kappa shape index (κ3) is 7.84. The Hall–Kier alpha value is -5.01. The molecule has 4 aromatic rings. The van der Waals surface area contributed by atoms with E-state index >= 15 is 0 Å². The number of β-lactam (4-membered cyclic amide) rings is 1. The molecule has 6 N–H and O–H groups in total. The number of hydrogen-bond acceptors (Lipinski definition) is 12. The van der Waals surface area contributed by atoms with Crippen LogP contribution in [0.2, 0.25) is 0 Å². The second kappa shape index (κ2) is 15.1. The van der Waals surface area contributed by atoms with Gasteiger partial charge in [-0.1, -0.05) is 12.1 Å². The molecule has 19 heteroatoms. The Bertz CT molecular complexity index is 1960. The van der Waals surface area contributed by atoms with Crippen molar-refractivity contribution in [2.45, 2.75) is 59.6 Å². The molecule has 2 aliphatic heterocycles. The summed E-state index contributed by atoms with van der Waals surface area (Å²) in [6.07, 6.45) is 1.53. The van der Waals surface area contributed by atoms with Crippen LogP contribution in [0.3, 0.4) is 0 Å². The minimum absolute atomic E-state index is 0.00962. The van der Waals surface area contributed by atoms with Crippen molar-refractivity contribution in [1.82, 2.24) is 25.2 Å². The highest BCUT2D eigenvalue weighted by molar-refractivity contribution is 8.01. The van der Waals surface area contributed by atoms with Crippen molar-refractivity contribution in [2.24, 2.45) is 5.73 Å². The number of carboxylic acid groups (broad SMARTS) is 1.